The topological polar surface area (TPSA) is 38.1 Å². The monoisotopic (exact) mass is 252 g/mol. The van der Waals surface area contributed by atoms with Crippen molar-refractivity contribution in [1.29, 1.82) is 0 Å². The molecule has 1 aromatic carbocycles. The zero-order valence-electron chi connectivity index (χ0n) is 11.1. The molecule has 0 saturated carbocycles. The smallest absolute Gasteiger partial charge is 0.125 e. The number of furan rings is 1. The number of fused-ring (bicyclic) bond motifs is 1. The molecule has 3 rings (SSSR count). The van der Waals surface area contributed by atoms with Gasteiger partial charge in [0.25, 0.3) is 0 Å². The molecule has 0 radical (unpaired) electrons. The highest BCUT2D eigenvalue weighted by Gasteiger charge is 2.16. The predicted molar refractivity (Wildman–Crippen MR) is 76.1 cm³/mol. The molecular weight excluding hydrogens is 236 g/mol. The van der Waals surface area contributed by atoms with Crippen molar-refractivity contribution in [3.63, 3.8) is 0 Å². The number of hydrogen-bond acceptors (Lipinski definition) is 3. The van der Waals surface area contributed by atoms with Gasteiger partial charge < -0.3 is 9.73 Å². The van der Waals surface area contributed by atoms with Crippen molar-refractivity contribution in [1.82, 2.24) is 10.3 Å². The third-order valence-electron chi connectivity index (χ3n) is 3.28. The molecule has 0 saturated heterocycles. The summed E-state index contributed by atoms with van der Waals surface area (Å²) in [6.07, 6.45) is 1.90. The van der Waals surface area contributed by atoms with E-state index in [1.54, 1.807) is 0 Å². The van der Waals surface area contributed by atoms with Gasteiger partial charge in [-0.2, -0.15) is 0 Å². The predicted octanol–water partition coefficient (Wildman–Crippen LogP) is 3.45. The Morgan fingerprint density at radius 3 is 2.74 bits per heavy atom. The van der Waals surface area contributed by atoms with Gasteiger partial charge in [0, 0.05) is 11.6 Å². The summed E-state index contributed by atoms with van der Waals surface area (Å²) in [6, 6.07) is 14.3. The Bertz CT molecular complexity index is 703. The molecule has 1 unspecified atom stereocenters. The lowest BCUT2D eigenvalue weighted by molar-refractivity contribution is 0.444. The fraction of sp³-hybridized carbons (Fsp3) is 0.188. The summed E-state index contributed by atoms with van der Waals surface area (Å²) in [4.78, 5) is 4.50. The van der Waals surface area contributed by atoms with Gasteiger partial charge in [0.1, 0.15) is 11.5 Å². The van der Waals surface area contributed by atoms with Crippen molar-refractivity contribution in [2.75, 3.05) is 7.05 Å². The normalized spacial score (nSPS) is 12.7. The fourth-order valence-corrected chi connectivity index (χ4v) is 2.33. The van der Waals surface area contributed by atoms with Gasteiger partial charge in [0.15, 0.2) is 0 Å². The van der Waals surface area contributed by atoms with Gasteiger partial charge in [-0.05, 0) is 43.8 Å². The van der Waals surface area contributed by atoms with Crippen LogP contribution in [0.25, 0.3) is 10.9 Å². The number of benzene rings is 1. The quantitative estimate of drug-likeness (QED) is 0.776. The Balaban J connectivity index is 2.06. The van der Waals surface area contributed by atoms with Crippen LogP contribution in [0.2, 0.25) is 0 Å². The van der Waals surface area contributed by atoms with Gasteiger partial charge >= 0.3 is 0 Å². The summed E-state index contributed by atoms with van der Waals surface area (Å²) in [5.74, 6) is 1.83. The van der Waals surface area contributed by atoms with Gasteiger partial charge in [-0.1, -0.05) is 18.2 Å². The molecule has 0 aliphatic heterocycles. The second-order valence-corrected chi connectivity index (χ2v) is 4.63. The molecule has 96 valence electrons. The third kappa shape index (κ3) is 2.25. The van der Waals surface area contributed by atoms with Crippen LogP contribution in [0.3, 0.4) is 0 Å². The van der Waals surface area contributed by atoms with Crippen molar-refractivity contribution in [3.8, 4) is 0 Å². The van der Waals surface area contributed by atoms with Gasteiger partial charge in [-0.15, -0.1) is 0 Å². The highest BCUT2D eigenvalue weighted by molar-refractivity contribution is 5.78. The van der Waals surface area contributed by atoms with Gasteiger partial charge in [-0.25, -0.2) is 0 Å². The Morgan fingerprint density at radius 1 is 1.16 bits per heavy atom. The maximum Gasteiger partial charge on any atom is 0.125 e. The lowest BCUT2D eigenvalue weighted by Crippen LogP contribution is -2.17. The first-order chi connectivity index (χ1) is 9.28. The average molecular weight is 252 g/mol. The van der Waals surface area contributed by atoms with E-state index in [0.29, 0.717) is 0 Å². The van der Waals surface area contributed by atoms with Gasteiger partial charge in [0.2, 0.25) is 0 Å². The van der Waals surface area contributed by atoms with Crippen LogP contribution < -0.4 is 5.32 Å². The number of hydrogen-bond donors (Lipinski definition) is 1. The van der Waals surface area contributed by atoms with E-state index in [9.17, 15) is 0 Å². The lowest BCUT2D eigenvalue weighted by Gasteiger charge is -2.14. The standard InChI is InChI=1S/C16H16N2O/c1-11-7-8-15(19-11)16(17-2)13-9-12-5-3-4-6-14(12)18-10-13/h3-10,16-17H,1-2H3. The highest BCUT2D eigenvalue weighted by atomic mass is 16.3. The first kappa shape index (κ1) is 11.9. The molecule has 2 aromatic heterocycles. The maximum absolute atomic E-state index is 5.71. The van der Waals surface area contributed by atoms with Crippen molar-refractivity contribution < 1.29 is 4.42 Å². The third-order valence-corrected chi connectivity index (χ3v) is 3.28. The molecule has 0 aliphatic carbocycles. The van der Waals surface area contributed by atoms with E-state index in [4.69, 9.17) is 4.42 Å². The van der Waals surface area contributed by atoms with E-state index in [2.05, 4.69) is 22.4 Å². The number of aryl methyl sites for hydroxylation is 1. The number of rotatable bonds is 3. The molecule has 0 spiro atoms. The second-order valence-electron chi connectivity index (χ2n) is 4.63. The summed E-state index contributed by atoms with van der Waals surface area (Å²) >= 11 is 0. The molecule has 1 N–H and O–H groups in total. The van der Waals surface area contributed by atoms with Crippen molar-refractivity contribution >= 4 is 10.9 Å². The molecule has 0 fully saturated rings. The Hall–Kier alpha value is -2.13. The molecule has 19 heavy (non-hydrogen) atoms. The summed E-state index contributed by atoms with van der Waals surface area (Å²) in [7, 11) is 1.93. The highest BCUT2D eigenvalue weighted by Crippen LogP contribution is 2.25. The molecular formula is C16H16N2O. The van der Waals surface area contributed by atoms with Crippen LogP contribution in [0.1, 0.15) is 23.1 Å². The Morgan fingerprint density at radius 2 is 2.00 bits per heavy atom. The SMILES string of the molecule is CNC(c1cnc2ccccc2c1)c1ccc(C)o1. The Kier molecular flexibility index (Phi) is 3.05. The fourth-order valence-electron chi connectivity index (χ4n) is 2.33. The summed E-state index contributed by atoms with van der Waals surface area (Å²) in [6.45, 7) is 1.95. The van der Waals surface area contributed by atoms with E-state index in [1.807, 2.05) is 50.5 Å². The minimum atomic E-state index is 0.0332. The molecule has 0 bridgehead atoms. The molecule has 3 nitrogen and oxygen atoms in total. The van der Waals surface area contributed by atoms with E-state index in [-0.39, 0.29) is 6.04 Å². The van der Waals surface area contributed by atoms with Crippen LogP contribution in [-0.2, 0) is 0 Å². The molecule has 0 aliphatic rings. The zero-order chi connectivity index (χ0) is 13.2. The lowest BCUT2D eigenvalue weighted by atomic mass is 10.0. The van der Waals surface area contributed by atoms with Crippen molar-refractivity contribution in [2.24, 2.45) is 0 Å². The van der Waals surface area contributed by atoms with Crippen molar-refractivity contribution in [3.05, 3.63) is 65.7 Å². The minimum Gasteiger partial charge on any atom is -0.464 e. The summed E-state index contributed by atoms with van der Waals surface area (Å²) in [5, 5.41) is 4.42. The molecule has 3 aromatic rings. The van der Waals surface area contributed by atoms with E-state index in [0.717, 1.165) is 28.0 Å². The van der Waals surface area contributed by atoms with Crippen molar-refractivity contribution in [2.45, 2.75) is 13.0 Å². The van der Waals surface area contributed by atoms with Gasteiger partial charge in [0.05, 0.1) is 11.6 Å². The number of aromatic nitrogens is 1. The summed E-state index contributed by atoms with van der Waals surface area (Å²) < 4.78 is 5.71. The first-order valence-electron chi connectivity index (χ1n) is 6.36. The Labute approximate surface area is 112 Å². The number of pyridine rings is 1. The van der Waals surface area contributed by atoms with E-state index >= 15 is 0 Å². The van der Waals surface area contributed by atoms with Crippen LogP contribution in [0.15, 0.2) is 53.1 Å². The molecule has 1 atom stereocenters. The number of para-hydroxylation sites is 1. The number of nitrogens with one attached hydrogen (secondary N) is 1. The van der Waals surface area contributed by atoms with Crippen LogP contribution in [0.5, 0.6) is 0 Å². The first-order valence-corrected chi connectivity index (χ1v) is 6.36. The van der Waals surface area contributed by atoms with E-state index < -0.39 is 0 Å². The summed E-state index contributed by atoms with van der Waals surface area (Å²) in [5.41, 5.74) is 2.12. The minimum absolute atomic E-state index is 0.0332. The molecule has 3 heteroatoms. The van der Waals surface area contributed by atoms with E-state index in [1.165, 1.54) is 0 Å². The van der Waals surface area contributed by atoms with Gasteiger partial charge in [-0.3, -0.25) is 4.98 Å². The number of nitrogens with zero attached hydrogens (tertiary/aromatic N) is 1. The largest absolute Gasteiger partial charge is 0.464 e. The average Bonchev–Trinajstić information content (AvgIpc) is 2.86. The van der Waals surface area contributed by atoms with Crippen LogP contribution in [0, 0.1) is 6.92 Å². The zero-order valence-corrected chi connectivity index (χ0v) is 11.1. The maximum atomic E-state index is 5.71. The molecule has 2 heterocycles. The van der Waals surface area contributed by atoms with Crippen LogP contribution in [0.4, 0.5) is 0 Å². The van der Waals surface area contributed by atoms with Crippen LogP contribution >= 0.6 is 0 Å². The molecule has 0 amide bonds. The van der Waals surface area contributed by atoms with Crippen LogP contribution in [-0.4, -0.2) is 12.0 Å². The second kappa shape index (κ2) is 4.86.